The molecule has 3 rings (SSSR count). The summed E-state index contributed by atoms with van der Waals surface area (Å²) >= 11 is 0. The third kappa shape index (κ3) is 4.26. The van der Waals surface area contributed by atoms with Gasteiger partial charge < -0.3 is 14.2 Å². The van der Waals surface area contributed by atoms with Crippen molar-refractivity contribution in [1.82, 2.24) is 0 Å². The Morgan fingerprint density at radius 1 is 1.26 bits per heavy atom. The Morgan fingerprint density at radius 3 is 2.70 bits per heavy atom. The van der Waals surface area contributed by atoms with Crippen LogP contribution in [0.3, 0.4) is 0 Å². The summed E-state index contributed by atoms with van der Waals surface area (Å²) in [5.74, 6) is -0.306. The van der Waals surface area contributed by atoms with Gasteiger partial charge in [0, 0.05) is 19.3 Å². The molecule has 0 unspecified atom stereocenters. The van der Waals surface area contributed by atoms with Crippen LogP contribution in [0.2, 0.25) is 0 Å². The zero-order valence-corrected chi connectivity index (χ0v) is 15.2. The Labute approximate surface area is 141 Å². The molecule has 130 valence electrons. The van der Waals surface area contributed by atoms with Gasteiger partial charge in [-0.05, 0) is 47.0 Å². The van der Waals surface area contributed by atoms with Gasteiger partial charge >= 0.3 is 0 Å². The van der Waals surface area contributed by atoms with Crippen molar-refractivity contribution in [2.24, 2.45) is 0 Å². The number of ether oxygens (including phenoxy) is 3. The Balaban J connectivity index is 1.64. The molecule has 0 N–H and O–H groups in total. The van der Waals surface area contributed by atoms with Gasteiger partial charge in [0.2, 0.25) is 0 Å². The van der Waals surface area contributed by atoms with E-state index in [2.05, 4.69) is 39.8 Å². The topological polar surface area (TPSA) is 27.7 Å². The first-order valence-corrected chi connectivity index (χ1v) is 9.20. The summed E-state index contributed by atoms with van der Waals surface area (Å²) in [6.45, 7) is 9.35. The summed E-state index contributed by atoms with van der Waals surface area (Å²) in [5.41, 5.74) is 2.50. The van der Waals surface area contributed by atoms with Crippen LogP contribution in [-0.4, -0.2) is 30.2 Å². The summed E-state index contributed by atoms with van der Waals surface area (Å²) in [4.78, 5) is 0. The molecule has 2 heterocycles. The molecular weight excluding hydrogens is 288 g/mol. The van der Waals surface area contributed by atoms with Crippen molar-refractivity contribution in [1.29, 1.82) is 0 Å². The Kier molecular flexibility index (Phi) is 5.01. The highest BCUT2D eigenvalue weighted by atomic mass is 16.8. The molecule has 1 spiro atoms. The molecule has 2 aliphatic heterocycles. The van der Waals surface area contributed by atoms with Crippen LogP contribution in [0.15, 0.2) is 23.3 Å². The van der Waals surface area contributed by atoms with E-state index in [9.17, 15) is 0 Å². The fourth-order valence-corrected chi connectivity index (χ4v) is 4.25. The van der Waals surface area contributed by atoms with E-state index in [0.29, 0.717) is 6.61 Å². The van der Waals surface area contributed by atoms with E-state index in [1.165, 1.54) is 30.4 Å². The molecule has 23 heavy (non-hydrogen) atoms. The van der Waals surface area contributed by atoms with Gasteiger partial charge in [0.15, 0.2) is 5.79 Å². The van der Waals surface area contributed by atoms with E-state index in [-0.39, 0.29) is 23.6 Å². The van der Waals surface area contributed by atoms with Gasteiger partial charge in [-0.15, -0.1) is 0 Å². The average molecular weight is 320 g/mol. The van der Waals surface area contributed by atoms with Crippen LogP contribution < -0.4 is 0 Å². The van der Waals surface area contributed by atoms with Crippen molar-refractivity contribution in [3.8, 4) is 0 Å². The largest absolute Gasteiger partial charge is 0.366 e. The first-order valence-electron chi connectivity index (χ1n) is 9.20. The Hall–Kier alpha value is -0.640. The van der Waals surface area contributed by atoms with Crippen LogP contribution in [-0.2, 0) is 14.2 Å². The van der Waals surface area contributed by atoms with E-state index in [1.54, 1.807) is 0 Å². The predicted molar refractivity (Wildman–Crippen MR) is 92.3 cm³/mol. The molecule has 3 atom stereocenters. The van der Waals surface area contributed by atoms with E-state index in [0.717, 1.165) is 25.7 Å². The molecule has 3 heteroatoms. The lowest BCUT2D eigenvalue weighted by molar-refractivity contribution is -0.206. The summed E-state index contributed by atoms with van der Waals surface area (Å²) in [5, 5.41) is 0. The lowest BCUT2D eigenvalue weighted by Crippen LogP contribution is -2.40. The third-order valence-corrected chi connectivity index (χ3v) is 5.18. The van der Waals surface area contributed by atoms with Crippen molar-refractivity contribution >= 4 is 0 Å². The zero-order valence-electron chi connectivity index (χ0n) is 15.2. The van der Waals surface area contributed by atoms with Crippen molar-refractivity contribution in [2.45, 2.75) is 96.2 Å². The predicted octanol–water partition coefficient (Wildman–Crippen LogP) is 4.91. The molecule has 0 aromatic rings. The molecule has 2 fully saturated rings. The number of rotatable bonds is 3. The second-order valence-electron chi connectivity index (χ2n) is 8.19. The van der Waals surface area contributed by atoms with Crippen molar-refractivity contribution < 1.29 is 14.2 Å². The molecule has 0 radical (unpaired) electrons. The Morgan fingerprint density at radius 2 is 2.00 bits per heavy atom. The normalized spacial score (nSPS) is 36.8. The molecule has 1 aliphatic carbocycles. The maximum atomic E-state index is 6.48. The summed E-state index contributed by atoms with van der Waals surface area (Å²) in [7, 11) is 0. The fraction of sp³-hybridized carbons (Fsp3) is 0.800. The molecule has 3 aliphatic rings. The van der Waals surface area contributed by atoms with Crippen LogP contribution in [0.1, 0.15) is 72.6 Å². The summed E-state index contributed by atoms with van der Waals surface area (Å²) in [6, 6.07) is 0. The van der Waals surface area contributed by atoms with Gasteiger partial charge in [0.1, 0.15) is 0 Å². The minimum atomic E-state index is -0.306. The molecule has 0 aromatic carbocycles. The lowest BCUT2D eigenvalue weighted by Gasteiger charge is -2.36. The van der Waals surface area contributed by atoms with Gasteiger partial charge in [-0.2, -0.15) is 0 Å². The second kappa shape index (κ2) is 6.70. The van der Waals surface area contributed by atoms with Gasteiger partial charge in [-0.1, -0.05) is 29.7 Å². The summed E-state index contributed by atoms with van der Waals surface area (Å²) < 4.78 is 18.9. The van der Waals surface area contributed by atoms with Crippen LogP contribution >= 0.6 is 0 Å². The minimum absolute atomic E-state index is 0.122. The quantitative estimate of drug-likeness (QED) is 0.691. The zero-order chi connectivity index (χ0) is 16.5. The SMILES string of the molecule is CC(C)=C[C@H]1CC(C)=C[C@@H](C[C@]2(C)COC3(CCCCC3)O2)O1. The highest BCUT2D eigenvalue weighted by molar-refractivity contribution is 5.14. The van der Waals surface area contributed by atoms with Crippen LogP contribution in [0.5, 0.6) is 0 Å². The number of hydrogen-bond acceptors (Lipinski definition) is 3. The van der Waals surface area contributed by atoms with Gasteiger partial charge in [-0.3, -0.25) is 0 Å². The fourth-order valence-electron chi connectivity index (χ4n) is 4.25. The van der Waals surface area contributed by atoms with Gasteiger partial charge in [0.05, 0.1) is 24.4 Å². The van der Waals surface area contributed by atoms with Gasteiger partial charge in [0.25, 0.3) is 0 Å². The standard InChI is InChI=1S/C20H32O3/c1-15(2)10-17-11-16(3)12-18(22-17)13-19(4)14-21-20(23-19)8-6-5-7-9-20/h10,12,17-18H,5-9,11,13-14H2,1-4H3/t17-,18-,19+/m0/s1. The highest BCUT2D eigenvalue weighted by Crippen LogP contribution is 2.44. The molecule has 3 nitrogen and oxygen atoms in total. The molecule has 0 aromatic heterocycles. The first kappa shape index (κ1) is 17.2. The second-order valence-corrected chi connectivity index (χ2v) is 8.19. The Bertz CT molecular complexity index is 483. The molecule has 1 saturated heterocycles. The first-order chi connectivity index (χ1) is 10.9. The molecule has 0 bridgehead atoms. The lowest BCUT2D eigenvalue weighted by atomic mass is 9.93. The maximum Gasteiger partial charge on any atom is 0.169 e. The summed E-state index contributed by atoms with van der Waals surface area (Å²) in [6.07, 6.45) is 12.5. The van der Waals surface area contributed by atoms with Crippen LogP contribution in [0, 0.1) is 0 Å². The van der Waals surface area contributed by atoms with E-state index in [1.807, 2.05) is 0 Å². The highest BCUT2D eigenvalue weighted by Gasteiger charge is 2.49. The molecule has 1 saturated carbocycles. The third-order valence-electron chi connectivity index (χ3n) is 5.18. The molecule has 0 amide bonds. The van der Waals surface area contributed by atoms with E-state index < -0.39 is 0 Å². The maximum absolute atomic E-state index is 6.48. The van der Waals surface area contributed by atoms with Crippen molar-refractivity contribution in [3.63, 3.8) is 0 Å². The smallest absolute Gasteiger partial charge is 0.169 e. The molecular formula is C20H32O3. The van der Waals surface area contributed by atoms with Crippen molar-refractivity contribution in [3.05, 3.63) is 23.3 Å². The van der Waals surface area contributed by atoms with Crippen LogP contribution in [0.4, 0.5) is 0 Å². The number of hydrogen-bond donors (Lipinski definition) is 0. The number of allylic oxidation sites excluding steroid dienone is 1. The van der Waals surface area contributed by atoms with E-state index >= 15 is 0 Å². The monoisotopic (exact) mass is 320 g/mol. The minimum Gasteiger partial charge on any atom is -0.366 e. The van der Waals surface area contributed by atoms with E-state index in [4.69, 9.17) is 14.2 Å². The van der Waals surface area contributed by atoms with Crippen LogP contribution in [0.25, 0.3) is 0 Å². The van der Waals surface area contributed by atoms with Gasteiger partial charge in [-0.25, -0.2) is 0 Å². The average Bonchev–Trinajstić information content (AvgIpc) is 2.74. The van der Waals surface area contributed by atoms with Crippen molar-refractivity contribution in [2.75, 3.05) is 6.61 Å².